The number of pyridine rings is 1. The summed E-state index contributed by atoms with van der Waals surface area (Å²) in [7, 11) is 1.57. The maximum Gasteiger partial charge on any atom is 0.259 e. The summed E-state index contributed by atoms with van der Waals surface area (Å²) in [5, 5.41) is 5.25. The molecular formula is C13H10BrF2N3O. The van der Waals surface area contributed by atoms with Crippen molar-refractivity contribution >= 4 is 33.3 Å². The molecule has 0 atom stereocenters. The number of carbonyl (C=O) groups excluding carboxylic acids is 1. The molecule has 0 aliphatic rings. The first-order valence-corrected chi connectivity index (χ1v) is 6.40. The summed E-state index contributed by atoms with van der Waals surface area (Å²) >= 11 is 3.02. The van der Waals surface area contributed by atoms with E-state index in [1.54, 1.807) is 7.05 Å². The van der Waals surface area contributed by atoms with Gasteiger partial charge in [-0.2, -0.15) is 0 Å². The van der Waals surface area contributed by atoms with Gasteiger partial charge in [-0.3, -0.25) is 4.79 Å². The van der Waals surface area contributed by atoms with E-state index < -0.39 is 17.5 Å². The van der Waals surface area contributed by atoms with Crippen molar-refractivity contribution in [3.63, 3.8) is 0 Å². The highest BCUT2D eigenvalue weighted by molar-refractivity contribution is 9.10. The number of hydrogen-bond donors (Lipinski definition) is 2. The molecular weight excluding hydrogens is 332 g/mol. The average Bonchev–Trinajstić information content (AvgIpc) is 2.43. The van der Waals surface area contributed by atoms with Crippen LogP contribution in [0.25, 0.3) is 0 Å². The molecule has 0 fully saturated rings. The minimum absolute atomic E-state index is 0.0629. The molecule has 7 heteroatoms. The predicted molar refractivity (Wildman–Crippen MR) is 75.8 cm³/mol. The molecule has 4 nitrogen and oxygen atoms in total. The van der Waals surface area contributed by atoms with Gasteiger partial charge in [0, 0.05) is 12.7 Å². The molecule has 0 saturated heterocycles. The third kappa shape index (κ3) is 3.11. The molecule has 20 heavy (non-hydrogen) atoms. The van der Waals surface area contributed by atoms with Crippen LogP contribution in [-0.2, 0) is 0 Å². The first-order chi connectivity index (χ1) is 9.51. The molecule has 0 radical (unpaired) electrons. The fraction of sp³-hybridized carbons (Fsp3) is 0.0769. The Morgan fingerprint density at radius 3 is 2.70 bits per heavy atom. The summed E-state index contributed by atoms with van der Waals surface area (Å²) in [6.07, 6.45) is 1.01. The number of halogens is 3. The first kappa shape index (κ1) is 14.4. The van der Waals surface area contributed by atoms with Crippen LogP contribution in [0.3, 0.4) is 0 Å². The van der Waals surface area contributed by atoms with Crippen LogP contribution in [0.15, 0.2) is 34.9 Å². The summed E-state index contributed by atoms with van der Waals surface area (Å²) < 4.78 is 26.5. The normalized spacial score (nSPS) is 10.2. The van der Waals surface area contributed by atoms with Crippen LogP contribution in [0.5, 0.6) is 0 Å². The molecule has 2 N–H and O–H groups in total. The van der Waals surface area contributed by atoms with Gasteiger partial charge in [0.15, 0.2) is 0 Å². The van der Waals surface area contributed by atoms with Gasteiger partial charge in [0.25, 0.3) is 5.91 Å². The van der Waals surface area contributed by atoms with E-state index in [0.717, 1.165) is 12.3 Å². The van der Waals surface area contributed by atoms with E-state index in [1.165, 1.54) is 18.2 Å². The van der Waals surface area contributed by atoms with E-state index in [-0.39, 0.29) is 15.9 Å². The number of aromatic nitrogens is 1. The molecule has 1 heterocycles. The molecule has 1 aromatic carbocycles. The molecule has 1 amide bonds. The third-order valence-electron chi connectivity index (χ3n) is 2.51. The molecule has 0 aliphatic carbocycles. The lowest BCUT2D eigenvalue weighted by atomic mass is 10.2. The van der Waals surface area contributed by atoms with Gasteiger partial charge >= 0.3 is 0 Å². The zero-order chi connectivity index (χ0) is 14.7. The second kappa shape index (κ2) is 5.96. The largest absolute Gasteiger partial charge is 0.372 e. The molecule has 2 aromatic rings. The monoisotopic (exact) mass is 341 g/mol. The third-order valence-corrected chi connectivity index (χ3v) is 3.12. The second-order valence-corrected chi connectivity index (χ2v) is 4.74. The average molecular weight is 342 g/mol. The summed E-state index contributed by atoms with van der Waals surface area (Å²) in [4.78, 5) is 15.9. The quantitative estimate of drug-likeness (QED) is 0.899. The van der Waals surface area contributed by atoms with Gasteiger partial charge < -0.3 is 10.6 Å². The maximum absolute atomic E-state index is 13.2. The highest BCUT2D eigenvalue weighted by Crippen LogP contribution is 2.21. The molecule has 0 bridgehead atoms. The number of nitrogens with one attached hydrogen (secondary N) is 2. The van der Waals surface area contributed by atoms with Crippen molar-refractivity contribution in [1.29, 1.82) is 0 Å². The molecule has 0 unspecified atom stereocenters. The van der Waals surface area contributed by atoms with E-state index in [1.807, 2.05) is 0 Å². The summed E-state index contributed by atoms with van der Waals surface area (Å²) in [5.41, 5.74) is 0.447. The Bertz CT molecular complexity index is 664. The number of nitrogens with zero attached hydrogens (tertiary/aromatic N) is 1. The maximum atomic E-state index is 13.2. The van der Waals surface area contributed by atoms with Crippen LogP contribution >= 0.6 is 15.9 Å². The van der Waals surface area contributed by atoms with Crippen molar-refractivity contribution in [2.45, 2.75) is 0 Å². The SMILES string of the molecule is CNc1ncc(F)cc1C(=O)Nc1ccc(F)c(Br)c1. The first-order valence-electron chi connectivity index (χ1n) is 5.61. The van der Waals surface area contributed by atoms with E-state index in [4.69, 9.17) is 0 Å². The second-order valence-electron chi connectivity index (χ2n) is 3.88. The number of carbonyl (C=O) groups is 1. The van der Waals surface area contributed by atoms with Crippen molar-refractivity contribution in [2.24, 2.45) is 0 Å². The molecule has 0 aliphatic heterocycles. The Hall–Kier alpha value is -2.02. The van der Waals surface area contributed by atoms with Gasteiger partial charge in [-0.25, -0.2) is 13.8 Å². The number of amides is 1. The lowest BCUT2D eigenvalue weighted by Gasteiger charge is -2.09. The van der Waals surface area contributed by atoms with Crippen LogP contribution < -0.4 is 10.6 Å². The van der Waals surface area contributed by atoms with Crippen LogP contribution in [0.4, 0.5) is 20.3 Å². The van der Waals surface area contributed by atoms with Crippen molar-refractivity contribution in [3.05, 3.63) is 52.1 Å². The lowest BCUT2D eigenvalue weighted by Crippen LogP contribution is -2.15. The van der Waals surface area contributed by atoms with Crippen LogP contribution in [0.2, 0.25) is 0 Å². The van der Waals surface area contributed by atoms with Gasteiger partial charge in [0.05, 0.1) is 16.2 Å². The van der Waals surface area contributed by atoms with E-state index in [9.17, 15) is 13.6 Å². The summed E-state index contributed by atoms with van der Waals surface area (Å²) in [6, 6.07) is 5.11. The van der Waals surface area contributed by atoms with Crippen LogP contribution in [0, 0.1) is 11.6 Å². The van der Waals surface area contributed by atoms with Gasteiger partial charge in [0.2, 0.25) is 0 Å². The fourth-order valence-corrected chi connectivity index (χ4v) is 1.96. The summed E-state index contributed by atoms with van der Waals surface area (Å²) in [6.45, 7) is 0. The highest BCUT2D eigenvalue weighted by atomic mass is 79.9. The van der Waals surface area contributed by atoms with E-state index >= 15 is 0 Å². The van der Waals surface area contributed by atoms with Crippen LogP contribution in [-0.4, -0.2) is 17.9 Å². The Kier molecular flexibility index (Phi) is 4.29. The van der Waals surface area contributed by atoms with Crippen LogP contribution in [0.1, 0.15) is 10.4 Å². The van der Waals surface area contributed by atoms with Gasteiger partial charge in [-0.15, -0.1) is 0 Å². The topological polar surface area (TPSA) is 54.0 Å². The Morgan fingerprint density at radius 2 is 2.05 bits per heavy atom. The van der Waals surface area contributed by atoms with Crippen molar-refractivity contribution in [1.82, 2.24) is 4.98 Å². The molecule has 1 aromatic heterocycles. The van der Waals surface area contributed by atoms with Gasteiger partial charge in [-0.1, -0.05) is 0 Å². The molecule has 0 spiro atoms. The number of benzene rings is 1. The smallest absolute Gasteiger partial charge is 0.259 e. The molecule has 104 valence electrons. The molecule has 2 rings (SSSR count). The predicted octanol–water partition coefficient (Wildman–Crippen LogP) is 3.42. The van der Waals surface area contributed by atoms with E-state index in [2.05, 4.69) is 31.5 Å². The number of anilines is 2. The minimum Gasteiger partial charge on any atom is -0.372 e. The molecule has 0 saturated carbocycles. The highest BCUT2D eigenvalue weighted by Gasteiger charge is 2.14. The van der Waals surface area contributed by atoms with Crippen molar-refractivity contribution < 1.29 is 13.6 Å². The Morgan fingerprint density at radius 1 is 1.30 bits per heavy atom. The Balaban J connectivity index is 2.27. The standard InChI is InChI=1S/C13H10BrF2N3O/c1-17-12-9(4-7(15)6-18-12)13(20)19-8-2-3-11(16)10(14)5-8/h2-6H,1H3,(H,17,18)(H,19,20). The Labute approximate surface area is 122 Å². The minimum atomic E-state index is -0.616. The zero-order valence-corrected chi connectivity index (χ0v) is 12.0. The number of hydrogen-bond acceptors (Lipinski definition) is 3. The van der Waals surface area contributed by atoms with Gasteiger partial charge in [-0.05, 0) is 40.2 Å². The van der Waals surface area contributed by atoms with E-state index in [0.29, 0.717) is 5.69 Å². The fourth-order valence-electron chi connectivity index (χ4n) is 1.58. The van der Waals surface area contributed by atoms with Crippen molar-refractivity contribution in [2.75, 3.05) is 17.7 Å². The zero-order valence-electron chi connectivity index (χ0n) is 10.4. The van der Waals surface area contributed by atoms with Gasteiger partial charge in [0.1, 0.15) is 17.5 Å². The number of rotatable bonds is 3. The lowest BCUT2D eigenvalue weighted by molar-refractivity contribution is 0.102. The van der Waals surface area contributed by atoms with Crippen molar-refractivity contribution in [3.8, 4) is 0 Å². The summed E-state index contributed by atoms with van der Waals surface area (Å²) in [5.74, 6) is -1.34.